The monoisotopic (exact) mass is 298 g/mol. The zero-order valence-electron chi connectivity index (χ0n) is 10.3. The molecule has 0 aliphatic heterocycles. The minimum atomic E-state index is -2.87. The summed E-state index contributed by atoms with van der Waals surface area (Å²) in [5.74, 6) is 0.628. The lowest BCUT2D eigenvalue weighted by Gasteiger charge is -2.01. The molecule has 17 heavy (non-hydrogen) atoms. The zero-order valence-corrected chi connectivity index (χ0v) is 12.7. The molecule has 100 valence electrons. The van der Waals surface area contributed by atoms with E-state index in [-0.39, 0.29) is 18.2 Å². The molecule has 0 fully saturated rings. The van der Waals surface area contributed by atoms with Crippen molar-refractivity contribution in [3.8, 4) is 0 Å². The Labute approximate surface area is 113 Å². The van der Waals surface area contributed by atoms with Gasteiger partial charge in [-0.2, -0.15) is 0 Å². The van der Waals surface area contributed by atoms with Crippen molar-refractivity contribution < 1.29 is 8.42 Å². The number of halogens is 1. The average molecular weight is 299 g/mol. The molecule has 4 nitrogen and oxygen atoms in total. The van der Waals surface area contributed by atoms with Crippen LogP contribution in [0.25, 0.3) is 0 Å². The molecule has 0 unspecified atom stereocenters. The van der Waals surface area contributed by atoms with E-state index in [1.54, 1.807) is 11.3 Å². The van der Waals surface area contributed by atoms with E-state index in [4.69, 9.17) is 0 Å². The quantitative estimate of drug-likeness (QED) is 0.814. The van der Waals surface area contributed by atoms with Crippen LogP contribution in [0.4, 0.5) is 0 Å². The van der Waals surface area contributed by atoms with Crippen molar-refractivity contribution in [2.45, 2.75) is 26.3 Å². The van der Waals surface area contributed by atoms with Crippen molar-refractivity contribution in [2.75, 3.05) is 18.6 Å². The summed E-state index contributed by atoms with van der Waals surface area (Å²) in [7, 11) is -2.87. The highest BCUT2D eigenvalue weighted by Crippen LogP contribution is 2.18. The summed E-state index contributed by atoms with van der Waals surface area (Å²) >= 11 is 1.65. The second kappa shape index (κ2) is 7.31. The molecule has 1 aromatic rings. The summed E-state index contributed by atoms with van der Waals surface area (Å²) in [5.41, 5.74) is 0.988. The predicted molar refractivity (Wildman–Crippen MR) is 74.9 cm³/mol. The second-order valence-electron chi connectivity index (χ2n) is 4.14. The Bertz CT molecular complexity index is 429. The van der Waals surface area contributed by atoms with Gasteiger partial charge in [0, 0.05) is 30.6 Å². The lowest BCUT2D eigenvalue weighted by molar-refractivity contribution is 0.596. The van der Waals surface area contributed by atoms with Crippen LogP contribution < -0.4 is 5.32 Å². The minimum Gasteiger partial charge on any atom is -0.310 e. The Morgan fingerprint density at radius 3 is 2.59 bits per heavy atom. The highest BCUT2D eigenvalue weighted by atomic mass is 35.5. The standard InChI is InChI=1S/C10H18N2O2S2.ClH/c1-8(2)10-12-9(7-15-10)6-11-4-5-16(3,13)14;/h7-8,11H,4-6H2,1-3H3;1H. The van der Waals surface area contributed by atoms with Crippen molar-refractivity contribution in [1.82, 2.24) is 10.3 Å². The molecule has 1 rings (SSSR count). The normalized spacial score (nSPS) is 11.5. The summed E-state index contributed by atoms with van der Waals surface area (Å²) in [6.07, 6.45) is 1.24. The lowest BCUT2D eigenvalue weighted by atomic mass is 10.2. The summed E-state index contributed by atoms with van der Waals surface area (Å²) in [6, 6.07) is 0. The predicted octanol–water partition coefficient (Wildman–Crippen LogP) is 1.82. The van der Waals surface area contributed by atoms with E-state index in [1.165, 1.54) is 6.26 Å². The molecule has 0 aliphatic carbocycles. The van der Waals surface area contributed by atoms with Gasteiger partial charge in [0.2, 0.25) is 0 Å². The third-order valence-electron chi connectivity index (χ3n) is 2.02. The maximum absolute atomic E-state index is 10.9. The number of sulfone groups is 1. The molecule has 0 saturated carbocycles. The Morgan fingerprint density at radius 2 is 2.12 bits per heavy atom. The van der Waals surface area contributed by atoms with Crippen LogP contribution in [-0.2, 0) is 16.4 Å². The molecule has 1 aromatic heterocycles. The van der Waals surface area contributed by atoms with Gasteiger partial charge in [-0.25, -0.2) is 13.4 Å². The van der Waals surface area contributed by atoms with E-state index in [1.807, 2.05) is 5.38 Å². The fourth-order valence-corrected chi connectivity index (χ4v) is 2.49. The summed E-state index contributed by atoms with van der Waals surface area (Å²) in [6.45, 7) is 5.34. The van der Waals surface area contributed by atoms with E-state index in [0.29, 0.717) is 19.0 Å². The third kappa shape index (κ3) is 6.98. The van der Waals surface area contributed by atoms with E-state index in [2.05, 4.69) is 24.1 Å². The van der Waals surface area contributed by atoms with Crippen LogP contribution >= 0.6 is 23.7 Å². The maximum Gasteiger partial charge on any atom is 0.148 e. The van der Waals surface area contributed by atoms with Crippen LogP contribution in [0.3, 0.4) is 0 Å². The van der Waals surface area contributed by atoms with Gasteiger partial charge in [-0.1, -0.05) is 13.8 Å². The number of thiazole rings is 1. The maximum atomic E-state index is 10.9. The first kappa shape index (κ1) is 16.8. The number of nitrogens with zero attached hydrogens (tertiary/aromatic N) is 1. The SMILES string of the molecule is CC(C)c1nc(CNCCS(C)(=O)=O)cs1.Cl. The molecule has 0 aromatic carbocycles. The smallest absolute Gasteiger partial charge is 0.148 e. The topological polar surface area (TPSA) is 59.1 Å². The molecule has 0 spiro atoms. The van der Waals surface area contributed by atoms with Gasteiger partial charge < -0.3 is 5.32 Å². The molecule has 1 N–H and O–H groups in total. The Balaban J connectivity index is 0.00000256. The largest absolute Gasteiger partial charge is 0.310 e. The van der Waals surface area contributed by atoms with Crippen LogP contribution in [0.2, 0.25) is 0 Å². The van der Waals surface area contributed by atoms with Crippen molar-refractivity contribution in [3.05, 3.63) is 16.1 Å². The van der Waals surface area contributed by atoms with Crippen molar-refractivity contribution in [1.29, 1.82) is 0 Å². The Kier molecular flexibility index (Phi) is 7.23. The van der Waals surface area contributed by atoms with Gasteiger partial charge in [0.05, 0.1) is 16.5 Å². The van der Waals surface area contributed by atoms with Gasteiger partial charge >= 0.3 is 0 Å². The zero-order chi connectivity index (χ0) is 12.2. The van der Waals surface area contributed by atoms with Crippen molar-refractivity contribution in [3.63, 3.8) is 0 Å². The van der Waals surface area contributed by atoms with Crippen LogP contribution in [0.1, 0.15) is 30.5 Å². The molecular weight excluding hydrogens is 280 g/mol. The van der Waals surface area contributed by atoms with Gasteiger partial charge in [-0.3, -0.25) is 0 Å². The number of rotatable bonds is 6. The Hall–Kier alpha value is -0.170. The van der Waals surface area contributed by atoms with E-state index >= 15 is 0 Å². The van der Waals surface area contributed by atoms with Gasteiger partial charge in [0.25, 0.3) is 0 Å². The number of hydrogen-bond donors (Lipinski definition) is 1. The second-order valence-corrected chi connectivity index (χ2v) is 7.29. The molecule has 7 heteroatoms. The molecular formula is C10H19ClN2O2S2. The van der Waals surface area contributed by atoms with E-state index in [9.17, 15) is 8.42 Å². The molecule has 0 bridgehead atoms. The molecule has 0 atom stereocenters. The molecule has 1 heterocycles. The van der Waals surface area contributed by atoms with Crippen LogP contribution in [0.15, 0.2) is 5.38 Å². The third-order valence-corrected chi connectivity index (χ3v) is 4.16. The summed E-state index contributed by atoms with van der Waals surface area (Å²) in [5, 5.41) is 6.22. The first-order chi connectivity index (χ1) is 7.38. The van der Waals surface area contributed by atoms with Crippen LogP contribution in [0, 0.1) is 0 Å². The fourth-order valence-electron chi connectivity index (χ4n) is 1.14. The lowest BCUT2D eigenvalue weighted by Crippen LogP contribution is -2.22. The number of hydrogen-bond acceptors (Lipinski definition) is 5. The first-order valence-corrected chi connectivity index (χ1v) is 8.15. The van der Waals surface area contributed by atoms with Crippen molar-refractivity contribution in [2.24, 2.45) is 0 Å². The minimum absolute atomic E-state index is 0. The average Bonchev–Trinajstić information content (AvgIpc) is 2.59. The highest BCUT2D eigenvalue weighted by molar-refractivity contribution is 7.90. The van der Waals surface area contributed by atoms with Gasteiger partial charge in [0.15, 0.2) is 0 Å². The fraction of sp³-hybridized carbons (Fsp3) is 0.700. The summed E-state index contributed by atoms with van der Waals surface area (Å²) < 4.78 is 21.8. The highest BCUT2D eigenvalue weighted by Gasteiger charge is 2.06. The van der Waals surface area contributed by atoms with Gasteiger partial charge in [-0.05, 0) is 0 Å². The molecule has 0 amide bonds. The first-order valence-electron chi connectivity index (χ1n) is 5.21. The molecule has 0 radical (unpaired) electrons. The number of nitrogens with one attached hydrogen (secondary N) is 1. The molecule has 0 aliphatic rings. The van der Waals surface area contributed by atoms with E-state index in [0.717, 1.165) is 10.7 Å². The van der Waals surface area contributed by atoms with E-state index < -0.39 is 9.84 Å². The molecule has 0 saturated heterocycles. The van der Waals surface area contributed by atoms with Crippen molar-refractivity contribution >= 4 is 33.6 Å². The Morgan fingerprint density at radius 1 is 1.47 bits per heavy atom. The van der Waals surface area contributed by atoms with Crippen LogP contribution in [-0.4, -0.2) is 32.0 Å². The number of aromatic nitrogens is 1. The summed E-state index contributed by atoms with van der Waals surface area (Å²) in [4.78, 5) is 4.45. The van der Waals surface area contributed by atoms with Gasteiger partial charge in [-0.15, -0.1) is 23.7 Å². The van der Waals surface area contributed by atoms with Gasteiger partial charge in [0.1, 0.15) is 9.84 Å². The van der Waals surface area contributed by atoms with Crippen LogP contribution in [0.5, 0.6) is 0 Å².